The zero-order chi connectivity index (χ0) is 21.3. The van der Waals surface area contributed by atoms with Gasteiger partial charge in [0.15, 0.2) is 0 Å². The van der Waals surface area contributed by atoms with Crippen molar-refractivity contribution in [2.24, 2.45) is 0 Å². The van der Waals surface area contributed by atoms with E-state index in [0.29, 0.717) is 38.5 Å². The molecule has 0 atom stereocenters. The Kier molecular flexibility index (Phi) is 7.57. The number of ether oxygens (including phenoxy) is 1. The summed E-state index contributed by atoms with van der Waals surface area (Å²) in [6.45, 7) is 5.09. The molecule has 1 fully saturated rings. The lowest BCUT2D eigenvalue weighted by Crippen LogP contribution is -2.50. The molecule has 2 aromatic rings. The number of carbonyl (C=O) groups is 2. The third-order valence-corrected chi connectivity index (χ3v) is 4.77. The molecule has 1 N–H and O–H groups in total. The minimum absolute atomic E-state index is 0.0484. The van der Waals surface area contributed by atoms with Gasteiger partial charge in [0.25, 0.3) is 0 Å². The third-order valence-electron chi connectivity index (χ3n) is 4.77. The van der Waals surface area contributed by atoms with Crippen molar-refractivity contribution >= 4 is 23.6 Å². The minimum atomic E-state index is -0.391. The third kappa shape index (κ3) is 6.42. The molecule has 158 valence electrons. The fourth-order valence-electron chi connectivity index (χ4n) is 3.21. The lowest BCUT2D eigenvalue weighted by atomic mass is 10.2. The molecule has 2 amide bonds. The predicted molar refractivity (Wildman–Crippen MR) is 115 cm³/mol. The van der Waals surface area contributed by atoms with Crippen molar-refractivity contribution in [1.29, 1.82) is 0 Å². The van der Waals surface area contributed by atoms with Gasteiger partial charge in [-0.1, -0.05) is 18.2 Å². The Morgan fingerprint density at radius 3 is 2.50 bits per heavy atom. The van der Waals surface area contributed by atoms with Crippen molar-refractivity contribution < 1.29 is 18.7 Å². The Hall–Kier alpha value is -3.19. The number of amides is 2. The van der Waals surface area contributed by atoms with E-state index in [1.165, 1.54) is 12.1 Å². The summed E-state index contributed by atoms with van der Waals surface area (Å²) in [6, 6.07) is 13.4. The van der Waals surface area contributed by atoms with Gasteiger partial charge < -0.3 is 15.0 Å². The summed E-state index contributed by atoms with van der Waals surface area (Å²) in [5.74, 6) is 0.167. The van der Waals surface area contributed by atoms with Gasteiger partial charge in [-0.05, 0) is 48.9 Å². The Morgan fingerprint density at radius 1 is 1.10 bits per heavy atom. The molecule has 0 unspecified atom stereocenters. The molecule has 0 radical (unpaired) electrons. The molecule has 3 rings (SSSR count). The maximum absolute atomic E-state index is 13.2. The minimum Gasteiger partial charge on any atom is -0.494 e. The van der Waals surface area contributed by atoms with E-state index in [2.05, 4.69) is 5.32 Å². The van der Waals surface area contributed by atoms with Crippen LogP contribution in [0.1, 0.15) is 12.5 Å². The van der Waals surface area contributed by atoms with Crippen molar-refractivity contribution in [3.8, 4) is 5.75 Å². The number of halogens is 1. The van der Waals surface area contributed by atoms with Crippen LogP contribution in [0.3, 0.4) is 0 Å². The molecular formula is C23H26FN3O3. The highest BCUT2D eigenvalue weighted by Gasteiger charge is 2.21. The van der Waals surface area contributed by atoms with Gasteiger partial charge in [0.1, 0.15) is 11.6 Å². The maximum Gasteiger partial charge on any atom is 0.246 e. The topological polar surface area (TPSA) is 61.9 Å². The number of carbonyl (C=O) groups excluding carboxylic acids is 2. The first kappa shape index (κ1) is 21.5. The highest BCUT2D eigenvalue weighted by molar-refractivity contribution is 5.93. The molecular weight excluding hydrogens is 385 g/mol. The van der Waals surface area contributed by atoms with E-state index in [-0.39, 0.29) is 18.4 Å². The summed E-state index contributed by atoms with van der Waals surface area (Å²) in [6.07, 6.45) is 3.36. The number of nitrogens with one attached hydrogen (secondary N) is 1. The number of anilines is 1. The number of hydrogen-bond donors (Lipinski definition) is 1. The van der Waals surface area contributed by atoms with Crippen LogP contribution in [0.15, 0.2) is 54.6 Å². The first-order valence-corrected chi connectivity index (χ1v) is 10.0. The molecule has 0 aliphatic carbocycles. The standard InChI is InChI=1S/C23H26FN3O3/c1-2-30-21-9-6-18(7-10-21)8-11-23(29)27-14-12-26(13-15-27)17-22(28)25-20-5-3-4-19(24)16-20/h3-11,16H,2,12-15,17H2,1H3,(H,25,28)/b11-8+. The maximum atomic E-state index is 13.2. The highest BCUT2D eigenvalue weighted by atomic mass is 19.1. The quantitative estimate of drug-likeness (QED) is 0.712. The van der Waals surface area contributed by atoms with Gasteiger partial charge in [0.05, 0.1) is 13.2 Å². The van der Waals surface area contributed by atoms with E-state index in [0.717, 1.165) is 11.3 Å². The summed E-state index contributed by atoms with van der Waals surface area (Å²) < 4.78 is 18.6. The normalized spacial score (nSPS) is 14.7. The average molecular weight is 411 g/mol. The summed E-state index contributed by atoms with van der Waals surface area (Å²) >= 11 is 0. The van der Waals surface area contributed by atoms with Gasteiger partial charge in [-0.15, -0.1) is 0 Å². The van der Waals surface area contributed by atoms with Crippen LogP contribution in [0.4, 0.5) is 10.1 Å². The Bertz CT molecular complexity index is 891. The lowest BCUT2D eigenvalue weighted by molar-refractivity contribution is -0.127. The summed E-state index contributed by atoms with van der Waals surface area (Å²) in [5, 5.41) is 2.69. The number of rotatable bonds is 7. The zero-order valence-corrected chi connectivity index (χ0v) is 17.0. The molecule has 6 nitrogen and oxygen atoms in total. The van der Waals surface area contributed by atoms with Crippen LogP contribution in [-0.4, -0.2) is 60.9 Å². The van der Waals surface area contributed by atoms with Crippen molar-refractivity contribution in [1.82, 2.24) is 9.80 Å². The van der Waals surface area contributed by atoms with Crippen LogP contribution in [-0.2, 0) is 9.59 Å². The second kappa shape index (κ2) is 10.5. The molecule has 0 saturated carbocycles. The number of benzene rings is 2. The van der Waals surface area contributed by atoms with E-state index in [1.807, 2.05) is 36.1 Å². The molecule has 1 aliphatic heterocycles. The second-order valence-corrected chi connectivity index (χ2v) is 7.00. The summed E-state index contributed by atoms with van der Waals surface area (Å²) in [4.78, 5) is 28.3. The summed E-state index contributed by atoms with van der Waals surface area (Å²) in [7, 11) is 0. The molecule has 7 heteroatoms. The van der Waals surface area contributed by atoms with Gasteiger partial charge >= 0.3 is 0 Å². The first-order chi connectivity index (χ1) is 14.5. The van der Waals surface area contributed by atoms with Crippen LogP contribution in [0.5, 0.6) is 5.75 Å². The van der Waals surface area contributed by atoms with Crippen LogP contribution in [0, 0.1) is 5.82 Å². The van der Waals surface area contributed by atoms with Gasteiger partial charge in [0.2, 0.25) is 11.8 Å². The van der Waals surface area contributed by atoms with Crippen molar-refractivity contribution in [3.05, 3.63) is 66.0 Å². The summed E-state index contributed by atoms with van der Waals surface area (Å²) in [5.41, 5.74) is 1.37. The van der Waals surface area contributed by atoms with E-state index in [4.69, 9.17) is 4.74 Å². The SMILES string of the molecule is CCOc1ccc(/C=C/C(=O)N2CCN(CC(=O)Nc3cccc(F)c3)CC2)cc1. The molecule has 30 heavy (non-hydrogen) atoms. The molecule has 2 aromatic carbocycles. The van der Waals surface area contributed by atoms with E-state index < -0.39 is 5.82 Å². The first-order valence-electron chi connectivity index (χ1n) is 10.0. The fourth-order valence-corrected chi connectivity index (χ4v) is 3.21. The number of hydrogen-bond acceptors (Lipinski definition) is 4. The number of piperazine rings is 1. The predicted octanol–water partition coefficient (Wildman–Crippen LogP) is 3.02. The smallest absolute Gasteiger partial charge is 0.246 e. The Morgan fingerprint density at radius 2 is 1.83 bits per heavy atom. The Balaban J connectivity index is 1.43. The van der Waals surface area contributed by atoms with Crippen LogP contribution in [0.2, 0.25) is 0 Å². The van der Waals surface area contributed by atoms with Gasteiger partial charge in [-0.3, -0.25) is 14.5 Å². The Labute approximate surface area is 175 Å². The van der Waals surface area contributed by atoms with Crippen LogP contribution >= 0.6 is 0 Å². The molecule has 0 aromatic heterocycles. The van der Waals surface area contributed by atoms with Gasteiger partial charge in [-0.2, -0.15) is 0 Å². The van der Waals surface area contributed by atoms with Crippen LogP contribution in [0.25, 0.3) is 6.08 Å². The second-order valence-electron chi connectivity index (χ2n) is 7.00. The largest absolute Gasteiger partial charge is 0.494 e. The fraction of sp³-hybridized carbons (Fsp3) is 0.304. The molecule has 1 saturated heterocycles. The van der Waals surface area contributed by atoms with E-state index in [1.54, 1.807) is 29.2 Å². The molecule has 1 heterocycles. The number of nitrogens with zero attached hydrogens (tertiary/aromatic N) is 2. The average Bonchev–Trinajstić information content (AvgIpc) is 2.74. The van der Waals surface area contributed by atoms with Gasteiger partial charge in [0, 0.05) is 37.9 Å². The molecule has 0 spiro atoms. The highest BCUT2D eigenvalue weighted by Crippen LogP contribution is 2.14. The van der Waals surface area contributed by atoms with Crippen molar-refractivity contribution in [2.75, 3.05) is 44.6 Å². The monoisotopic (exact) mass is 411 g/mol. The zero-order valence-electron chi connectivity index (χ0n) is 17.0. The van der Waals surface area contributed by atoms with E-state index in [9.17, 15) is 14.0 Å². The lowest BCUT2D eigenvalue weighted by Gasteiger charge is -2.33. The van der Waals surface area contributed by atoms with Crippen molar-refractivity contribution in [2.45, 2.75) is 6.92 Å². The van der Waals surface area contributed by atoms with Gasteiger partial charge in [-0.25, -0.2) is 4.39 Å². The molecule has 1 aliphatic rings. The van der Waals surface area contributed by atoms with E-state index >= 15 is 0 Å². The van der Waals surface area contributed by atoms with Crippen molar-refractivity contribution in [3.63, 3.8) is 0 Å². The van der Waals surface area contributed by atoms with Crippen LogP contribution < -0.4 is 10.1 Å². The molecule has 0 bridgehead atoms.